The Balaban J connectivity index is 2.94. The number of amides is 2. The predicted octanol–water partition coefficient (Wildman–Crippen LogP) is 3.57. The number of carbonyl (C=O) groups excluding carboxylic acids is 1. The van der Waals surface area contributed by atoms with Crippen LogP contribution in [0, 0.1) is 5.82 Å². The molecular formula is C12H13BrClFN2O3. The lowest BCUT2D eigenvalue weighted by Gasteiger charge is -2.24. The SMILES string of the molecule is CCC(C(=O)O)N(C)C(=O)Nc1c(Cl)cc(F)cc1Br. The zero-order valence-corrected chi connectivity index (χ0v) is 13.1. The van der Waals surface area contributed by atoms with Gasteiger partial charge in [0.2, 0.25) is 0 Å². The van der Waals surface area contributed by atoms with Crippen molar-refractivity contribution in [2.45, 2.75) is 19.4 Å². The van der Waals surface area contributed by atoms with E-state index in [4.69, 9.17) is 16.7 Å². The Bertz CT molecular complexity index is 518. The van der Waals surface area contributed by atoms with Gasteiger partial charge in [-0.1, -0.05) is 18.5 Å². The molecule has 0 bridgehead atoms. The van der Waals surface area contributed by atoms with Crippen LogP contribution >= 0.6 is 27.5 Å². The number of halogens is 3. The molecule has 0 aliphatic carbocycles. The largest absolute Gasteiger partial charge is 0.480 e. The fourth-order valence-corrected chi connectivity index (χ4v) is 2.51. The Hall–Kier alpha value is -1.34. The molecule has 1 aromatic rings. The summed E-state index contributed by atoms with van der Waals surface area (Å²) in [7, 11) is 1.36. The molecule has 8 heteroatoms. The Morgan fingerprint density at radius 3 is 2.60 bits per heavy atom. The first-order valence-corrected chi connectivity index (χ1v) is 6.86. The van der Waals surface area contributed by atoms with Gasteiger partial charge in [0.1, 0.15) is 11.9 Å². The molecule has 0 spiro atoms. The minimum absolute atomic E-state index is 0.0157. The number of likely N-dealkylation sites (N-methyl/N-ethyl adjacent to an activating group) is 1. The molecule has 20 heavy (non-hydrogen) atoms. The fourth-order valence-electron chi connectivity index (χ4n) is 1.61. The quantitative estimate of drug-likeness (QED) is 0.855. The number of carboxylic acid groups (broad SMARTS) is 1. The van der Waals surface area contributed by atoms with Crippen LogP contribution in [0.4, 0.5) is 14.9 Å². The number of carboxylic acids is 1. The summed E-state index contributed by atoms with van der Waals surface area (Å²) in [4.78, 5) is 24.0. The third-order valence-corrected chi connectivity index (χ3v) is 3.62. The van der Waals surface area contributed by atoms with Crippen molar-refractivity contribution in [3.05, 3.63) is 27.4 Å². The number of hydrogen-bond acceptors (Lipinski definition) is 2. The number of carbonyl (C=O) groups is 2. The highest BCUT2D eigenvalue weighted by atomic mass is 79.9. The summed E-state index contributed by atoms with van der Waals surface area (Å²) >= 11 is 8.92. The van der Waals surface area contributed by atoms with Crippen molar-refractivity contribution in [1.82, 2.24) is 4.90 Å². The number of nitrogens with one attached hydrogen (secondary N) is 1. The Morgan fingerprint density at radius 1 is 1.55 bits per heavy atom. The molecule has 0 aromatic heterocycles. The highest BCUT2D eigenvalue weighted by Gasteiger charge is 2.25. The first-order valence-electron chi connectivity index (χ1n) is 5.69. The molecule has 0 aliphatic rings. The number of rotatable bonds is 4. The van der Waals surface area contributed by atoms with Gasteiger partial charge in [-0.05, 0) is 34.5 Å². The van der Waals surface area contributed by atoms with Gasteiger partial charge >= 0.3 is 12.0 Å². The average molecular weight is 368 g/mol. The number of aliphatic carboxylic acids is 1. The Labute approximate surface area is 128 Å². The summed E-state index contributed by atoms with van der Waals surface area (Å²) in [5, 5.41) is 11.5. The van der Waals surface area contributed by atoms with Crippen LogP contribution in [0.1, 0.15) is 13.3 Å². The van der Waals surface area contributed by atoms with Gasteiger partial charge in [0.25, 0.3) is 0 Å². The van der Waals surface area contributed by atoms with Gasteiger partial charge in [-0.15, -0.1) is 0 Å². The molecule has 2 amide bonds. The molecular weight excluding hydrogens is 354 g/mol. The van der Waals surface area contributed by atoms with Gasteiger partial charge in [0.05, 0.1) is 10.7 Å². The van der Waals surface area contributed by atoms with Crippen LogP contribution in [-0.4, -0.2) is 35.1 Å². The van der Waals surface area contributed by atoms with E-state index in [1.807, 2.05) is 0 Å². The van der Waals surface area contributed by atoms with Crippen molar-refractivity contribution in [2.24, 2.45) is 0 Å². The molecule has 0 heterocycles. The van der Waals surface area contributed by atoms with E-state index in [9.17, 15) is 14.0 Å². The highest BCUT2D eigenvalue weighted by molar-refractivity contribution is 9.10. The highest BCUT2D eigenvalue weighted by Crippen LogP contribution is 2.31. The van der Waals surface area contributed by atoms with E-state index in [1.54, 1.807) is 6.92 Å². The van der Waals surface area contributed by atoms with Crippen LogP contribution in [0.5, 0.6) is 0 Å². The smallest absolute Gasteiger partial charge is 0.326 e. The second kappa shape index (κ2) is 6.90. The monoisotopic (exact) mass is 366 g/mol. The molecule has 110 valence electrons. The molecule has 1 unspecified atom stereocenters. The van der Waals surface area contributed by atoms with Crippen molar-refractivity contribution >= 4 is 45.2 Å². The average Bonchev–Trinajstić information content (AvgIpc) is 2.33. The third kappa shape index (κ3) is 3.83. The summed E-state index contributed by atoms with van der Waals surface area (Å²) in [5.41, 5.74) is 0.185. The molecule has 1 atom stereocenters. The Kier molecular flexibility index (Phi) is 5.76. The number of benzene rings is 1. The van der Waals surface area contributed by atoms with Crippen LogP contribution < -0.4 is 5.32 Å². The van der Waals surface area contributed by atoms with Gasteiger partial charge in [-0.3, -0.25) is 0 Å². The minimum atomic E-state index is -1.10. The molecule has 0 radical (unpaired) electrons. The number of urea groups is 1. The maximum Gasteiger partial charge on any atom is 0.326 e. The van der Waals surface area contributed by atoms with Crippen molar-refractivity contribution in [1.29, 1.82) is 0 Å². The van der Waals surface area contributed by atoms with Crippen LogP contribution in [0.3, 0.4) is 0 Å². The van der Waals surface area contributed by atoms with Crippen molar-refractivity contribution < 1.29 is 19.1 Å². The van der Waals surface area contributed by atoms with Crippen molar-refractivity contribution in [2.75, 3.05) is 12.4 Å². The van der Waals surface area contributed by atoms with E-state index in [-0.39, 0.29) is 21.6 Å². The minimum Gasteiger partial charge on any atom is -0.480 e. The first kappa shape index (κ1) is 16.7. The maximum absolute atomic E-state index is 13.1. The second-order valence-corrected chi connectivity index (χ2v) is 5.31. The van der Waals surface area contributed by atoms with Crippen molar-refractivity contribution in [3.63, 3.8) is 0 Å². The lowest BCUT2D eigenvalue weighted by Crippen LogP contribution is -2.44. The molecule has 5 nitrogen and oxygen atoms in total. The van der Waals surface area contributed by atoms with E-state index in [0.29, 0.717) is 0 Å². The zero-order valence-electron chi connectivity index (χ0n) is 10.8. The Morgan fingerprint density at radius 2 is 2.15 bits per heavy atom. The number of nitrogens with zero attached hydrogens (tertiary/aromatic N) is 1. The summed E-state index contributed by atoms with van der Waals surface area (Å²) in [6.45, 7) is 1.66. The topological polar surface area (TPSA) is 69.6 Å². The molecule has 0 aliphatic heterocycles. The van der Waals surface area contributed by atoms with Crippen molar-refractivity contribution in [3.8, 4) is 0 Å². The normalized spacial score (nSPS) is 11.8. The van der Waals surface area contributed by atoms with E-state index in [2.05, 4.69) is 21.2 Å². The van der Waals surface area contributed by atoms with Gasteiger partial charge in [-0.25, -0.2) is 14.0 Å². The van der Waals surface area contributed by atoms with Crippen LogP contribution in [0.15, 0.2) is 16.6 Å². The second-order valence-electron chi connectivity index (χ2n) is 4.05. The molecule has 0 fully saturated rings. The lowest BCUT2D eigenvalue weighted by molar-refractivity contribution is -0.141. The molecule has 1 aromatic carbocycles. The molecule has 0 saturated carbocycles. The fraction of sp³-hybridized carbons (Fsp3) is 0.333. The van der Waals surface area contributed by atoms with E-state index >= 15 is 0 Å². The maximum atomic E-state index is 13.1. The van der Waals surface area contributed by atoms with Gasteiger partial charge < -0.3 is 15.3 Å². The van der Waals surface area contributed by atoms with E-state index in [0.717, 1.165) is 17.0 Å². The summed E-state index contributed by atoms with van der Waals surface area (Å²) in [6.07, 6.45) is 0.261. The number of anilines is 1. The predicted molar refractivity (Wildman–Crippen MR) is 77.6 cm³/mol. The molecule has 0 saturated heterocycles. The standard InChI is InChI=1S/C12H13BrClFN2O3/c1-3-9(11(18)19)17(2)12(20)16-10-7(13)4-6(15)5-8(10)14/h4-5,9H,3H2,1-2H3,(H,16,20)(H,18,19). The third-order valence-electron chi connectivity index (χ3n) is 2.70. The van der Waals surface area contributed by atoms with Crippen LogP contribution in [0.25, 0.3) is 0 Å². The van der Waals surface area contributed by atoms with Gasteiger partial charge in [0, 0.05) is 11.5 Å². The number of hydrogen-bond donors (Lipinski definition) is 2. The zero-order chi connectivity index (χ0) is 15.4. The summed E-state index contributed by atoms with van der Waals surface area (Å²) in [5.74, 6) is -1.65. The lowest BCUT2D eigenvalue weighted by atomic mass is 10.2. The summed E-state index contributed by atoms with van der Waals surface area (Å²) < 4.78 is 13.3. The van der Waals surface area contributed by atoms with E-state index in [1.165, 1.54) is 7.05 Å². The summed E-state index contributed by atoms with van der Waals surface area (Å²) in [6, 6.07) is 0.605. The van der Waals surface area contributed by atoms with Crippen LogP contribution in [0.2, 0.25) is 5.02 Å². The molecule has 1 rings (SSSR count). The molecule has 2 N–H and O–H groups in total. The van der Waals surface area contributed by atoms with E-state index < -0.39 is 23.9 Å². The van der Waals surface area contributed by atoms with Gasteiger partial charge in [-0.2, -0.15) is 0 Å². The van der Waals surface area contributed by atoms with Crippen LogP contribution in [-0.2, 0) is 4.79 Å². The van der Waals surface area contributed by atoms with Gasteiger partial charge in [0.15, 0.2) is 0 Å². The first-order chi connectivity index (χ1) is 9.27.